The largest absolute Gasteiger partial charge is 0.493 e. The first-order valence-corrected chi connectivity index (χ1v) is 39.2. The number of benzene rings is 4. The van der Waals surface area contributed by atoms with Crippen LogP contribution in [0.15, 0.2) is 123 Å². The van der Waals surface area contributed by atoms with Gasteiger partial charge in [-0.05, 0) is 141 Å². The molecule has 0 unspecified atom stereocenters. The van der Waals surface area contributed by atoms with E-state index in [1.165, 1.54) is 221 Å². The van der Waals surface area contributed by atoms with Crippen LogP contribution < -0.4 is 37.2 Å². The predicted molar refractivity (Wildman–Crippen MR) is 399 cm³/mol. The van der Waals surface area contributed by atoms with Crippen molar-refractivity contribution in [1.82, 2.24) is 18.3 Å². The average Bonchev–Trinajstić information content (AvgIpc) is 0.890. The van der Waals surface area contributed by atoms with Crippen LogP contribution in [0, 0.1) is 0 Å². The minimum atomic E-state index is 0.613. The number of unbranched alkanes of at least 4 members (excludes halogenated alkanes) is 26. The maximum Gasteiger partial charge on any atom is 0.243 e. The van der Waals surface area contributed by atoms with E-state index >= 15 is 0 Å². The van der Waals surface area contributed by atoms with Gasteiger partial charge in [-0.2, -0.15) is 0 Å². The molecule has 1 aliphatic carbocycles. The van der Waals surface area contributed by atoms with E-state index in [9.17, 15) is 0 Å². The first-order chi connectivity index (χ1) is 48.0. The van der Waals surface area contributed by atoms with Crippen LogP contribution in [-0.4, -0.2) is 44.7 Å². The number of aryl methyl sites for hydroxylation is 4. The number of imidazole rings is 4. The number of hydrogen-bond acceptors (Lipinski definition) is 4. The monoisotopic (exact) mass is 1340 g/mol. The highest BCUT2D eigenvalue weighted by molar-refractivity contribution is 5.59. The standard InChI is InChI=1S/C86H128N8O4/c1-9-13-15-17-19-21-23-25-27-29-31-33-35-37-49-97-85-79-55-73(65-93-45-41-89(7)69-93)56-80(85)60-76-52-72(64-92-44-40-88(6)68-92)54-78(84(76)96-48-12-4)62-82-58-74(66-94-46-42-90(8)70-94)57-81(86(82)98-50-38-36-34-32-30-28-26-24-22-20-18-16-14-10-2)61-77-53-71(63-91-43-39-87(5)67-91)51-75(59-79)83(77)95-47-11-3/h39-46,51-58,67-70H,9-38,47-50,59-66H2,1-8H3/q+4. The Morgan fingerprint density at radius 1 is 0.255 bits per heavy atom. The summed E-state index contributed by atoms with van der Waals surface area (Å²) in [5, 5.41) is 0. The van der Waals surface area contributed by atoms with E-state index in [1.54, 1.807) is 0 Å². The van der Waals surface area contributed by atoms with Gasteiger partial charge in [-0.25, -0.2) is 36.5 Å². The molecule has 0 N–H and O–H groups in total. The molecule has 4 aromatic carbocycles. The Labute approximate surface area is 592 Å². The van der Waals surface area contributed by atoms with E-state index in [2.05, 4.69) is 216 Å². The zero-order valence-electron chi connectivity index (χ0n) is 62.5. The van der Waals surface area contributed by atoms with Crippen LogP contribution >= 0.6 is 0 Å². The Morgan fingerprint density at radius 2 is 0.449 bits per heavy atom. The molecule has 12 heteroatoms. The number of hydrogen-bond donors (Lipinski definition) is 0. The highest BCUT2D eigenvalue weighted by atomic mass is 16.5. The second kappa shape index (κ2) is 41.5. The first-order valence-electron chi connectivity index (χ1n) is 39.2. The van der Waals surface area contributed by atoms with E-state index in [0.717, 1.165) is 87.7 Å². The first kappa shape index (κ1) is 75.1. The van der Waals surface area contributed by atoms with Crippen LogP contribution in [0.2, 0.25) is 0 Å². The summed E-state index contributed by atoms with van der Waals surface area (Å²) in [4.78, 5) is 0. The molecule has 8 bridgehead atoms. The van der Waals surface area contributed by atoms with Crippen LogP contribution in [0.25, 0.3) is 0 Å². The summed E-state index contributed by atoms with van der Waals surface area (Å²) in [7, 11) is 8.44. The Kier molecular flexibility index (Phi) is 31.8. The molecular weight excluding hydrogens is 1210 g/mol. The molecule has 1 aliphatic rings. The number of nitrogens with zero attached hydrogens (tertiary/aromatic N) is 8. The van der Waals surface area contributed by atoms with Crippen molar-refractivity contribution >= 4 is 0 Å². The van der Waals surface area contributed by atoms with E-state index in [1.807, 2.05) is 0 Å². The van der Waals surface area contributed by atoms with Gasteiger partial charge in [0.25, 0.3) is 0 Å². The second-order valence-corrected chi connectivity index (χ2v) is 29.3. The van der Waals surface area contributed by atoms with E-state index in [-0.39, 0.29) is 0 Å². The van der Waals surface area contributed by atoms with Crippen molar-refractivity contribution < 1.29 is 37.2 Å². The topological polar surface area (TPSA) is 72.2 Å². The summed E-state index contributed by atoms with van der Waals surface area (Å²) in [5.74, 6) is 3.96. The van der Waals surface area contributed by atoms with Gasteiger partial charge in [-0.15, -0.1) is 0 Å². The number of aromatic nitrogens is 8. The maximum absolute atomic E-state index is 7.46. The molecule has 0 spiro atoms. The normalized spacial score (nSPS) is 12.2. The molecule has 0 fully saturated rings. The third-order valence-corrected chi connectivity index (χ3v) is 19.9. The van der Waals surface area contributed by atoms with Crippen LogP contribution in [-0.2, 0) is 80.1 Å². The van der Waals surface area contributed by atoms with Gasteiger partial charge in [-0.3, -0.25) is 0 Å². The average molecular weight is 1340 g/mol. The zero-order valence-corrected chi connectivity index (χ0v) is 62.5. The molecule has 0 saturated heterocycles. The van der Waals surface area contributed by atoms with Gasteiger partial charge in [0.1, 0.15) is 98.8 Å². The van der Waals surface area contributed by atoms with Gasteiger partial charge < -0.3 is 18.9 Å². The fraction of sp³-hybridized carbons (Fsp3) is 0.581. The van der Waals surface area contributed by atoms with Gasteiger partial charge in [0.05, 0.1) is 54.6 Å². The molecule has 9 rings (SSSR count). The van der Waals surface area contributed by atoms with Gasteiger partial charge in [-0.1, -0.05) is 195 Å². The van der Waals surface area contributed by atoms with Crippen LogP contribution in [0.5, 0.6) is 23.0 Å². The smallest absolute Gasteiger partial charge is 0.243 e. The zero-order chi connectivity index (χ0) is 68.5. The van der Waals surface area contributed by atoms with E-state index in [0.29, 0.717) is 52.1 Å². The molecule has 532 valence electrons. The van der Waals surface area contributed by atoms with Crippen molar-refractivity contribution in [1.29, 1.82) is 0 Å². The predicted octanol–water partition coefficient (Wildman–Crippen LogP) is 18.4. The summed E-state index contributed by atoms with van der Waals surface area (Å²) in [6.07, 6.45) is 67.4. The lowest BCUT2D eigenvalue weighted by atomic mass is 9.88. The number of ether oxygens (including phenoxy) is 4. The van der Waals surface area contributed by atoms with Crippen molar-refractivity contribution in [3.8, 4) is 23.0 Å². The lowest BCUT2D eigenvalue weighted by molar-refractivity contribution is -0.671. The minimum absolute atomic E-state index is 0.613. The minimum Gasteiger partial charge on any atom is -0.493 e. The van der Waals surface area contributed by atoms with Gasteiger partial charge in [0, 0.05) is 25.7 Å². The van der Waals surface area contributed by atoms with Crippen molar-refractivity contribution in [3.63, 3.8) is 0 Å². The van der Waals surface area contributed by atoms with Crippen molar-refractivity contribution in [2.24, 2.45) is 28.2 Å². The summed E-state index contributed by atoms with van der Waals surface area (Å²) < 4.78 is 47.2. The lowest BCUT2D eigenvalue weighted by Gasteiger charge is -2.25. The molecule has 0 saturated carbocycles. The summed E-state index contributed by atoms with van der Waals surface area (Å²) in [5.41, 5.74) is 14.5. The molecule has 0 radical (unpaired) electrons. The Hall–Kier alpha value is -7.08. The molecule has 0 atom stereocenters. The SMILES string of the molecule is CCCCCCCCCCCCCCCCOc1c2cc(Cn3cc[n+](C)c3)cc1Cc1cc(Cn3cc[n+](C)c3)cc(c1OCCC)Cc1cc(Cn3cc[n+](C)c3)cc(c1OCCCCCCCCCCCCCCCC)Cc1cc(Cn3cc[n+](C)c3)cc(c1OCCC)C2. The summed E-state index contributed by atoms with van der Waals surface area (Å²) >= 11 is 0. The van der Waals surface area contributed by atoms with E-state index in [4.69, 9.17) is 18.9 Å². The molecule has 0 amide bonds. The quantitative estimate of drug-likeness (QED) is 0.0282. The Bertz CT molecular complexity index is 3270. The highest BCUT2D eigenvalue weighted by Crippen LogP contribution is 2.42. The highest BCUT2D eigenvalue weighted by Gasteiger charge is 2.27. The number of rotatable bonds is 46. The van der Waals surface area contributed by atoms with Gasteiger partial charge in [0.2, 0.25) is 25.3 Å². The fourth-order valence-corrected chi connectivity index (χ4v) is 14.9. The van der Waals surface area contributed by atoms with E-state index < -0.39 is 0 Å². The van der Waals surface area contributed by atoms with Gasteiger partial charge in [0.15, 0.2) is 0 Å². The fourth-order valence-electron chi connectivity index (χ4n) is 14.9. The molecule has 4 aromatic heterocycles. The van der Waals surface area contributed by atoms with Crippen LogP contribution in [0.3, 0.4) is 0 Å². The lowest BCUT2D eigenvalue weighted by Crippen LogP contribution is -2.23. The molecule has 4 heterocycles. The van der Waals surface area contributed by atoms with Crippen molar-refractivity contribution in [2.75, 3.05) is 26.4 Å². The summed E-state index contributed by atoms with van der Waals surface area (Å²) in [6.45, 7) is 14.5. The van der Waals surface area contributed by atoms with Crippen LogP contribution in [0.4, 0.5) is 0 Å². The third-order valence-electron chi connectivity index (χ3n) is 19.9. The number of fused-ring (bicyclic) bond motifs is 8. The molecule has 8 aromatic rings. The van der Waals surface area contributed by atoms with Crippen molar-refractivity contribution in [3.05, 3.63) is 190 Å². The molecule has 0 aliphatic heterocycles. The molecule has 12 nitrogen and oxygen atoms in total. The van der Waals surface area contributed by atoms with Gasteiger partial charge >= 0.3 is 0 Å². The van der Waals surface area contributed by atoms with Crippen molar-refractivity contribution in [2.45, 2.75) is 272 Å². The third kappa shape index (κ3) is 24.7. The Balaban J connectivity index is 1.14. The molecule has 98 heavy (non-hydrogen) atoms. The van der Waals surface area contributed by atoms with Crippen LogP contribution in [0.1, 0.15) is 287 Å². The molecular formula is C86H128N8O4+4. The Morgan fingerprint density at radius 3 is 0.633 bits per heavy atom. The maximum atomic E-state index is 7.46. The summed E-state index contributed by atoms with van der Waals surface area (Å²) in [6, 6.07) is 19.6. The second-order valence-electron chi connectivity index (χ2n) is 29.3.